The first kappa shape index (κ1) is 11.5. The predicted molar refractivity (Wildman–Crippen MR) is 58.6 cm³/mol. The SMILES string of the molecule is CCC(C)C(N)c1nc(C2CCCO2)no1. The van der Waals surface area contributed by atoms with Gasteiger partial charge in [-0.2, -0.15) is 4.98 Å². The van der Waals surface area contributed by atoms with E-state index in [0.29, 0.717) is 17.6 Å². The Morgan fingerprint density at radius 1 is 1.56 bits per heavy atom. The third-order valence-electron chi connectivity index (χ3n) is 3.22. The number of aromatic nitrogens is 2. The van der Waals surface area contributed by atoms with Crippen LogP contribution in [0.2, 0.25) is 0 Å². The minimum absolute atomic E-state index is 0.00151. The highest BCUT2D eigenvalue weighted by Gasteiger charge is 2.26. The second kappa shape index (κ2) is 4.93. The molecule has 1 aliphatic rings. The molecule has 0 spiro atoms. The smallest absolute Gasteiger partial charge is 0.243 e. The summed E-state index contributed by atoms with van der Waals surface area (Å²) in [6.45, 7) is 4.97. The molecule has 5 nitrogen and oxygen atoms in total. The Labute approximate surface area is 95.3 Å². The maximum absolute atomic E-state index is 6.02. The van der Waals surface area contributed by atoms with Gasteiger partial charge in [-0.25, -0.2) is 0 Å². The maximum atomic E-state index is 6.02. The molecule has 0 radical (unpaired) electrons. The van der Waals surface area contributed by atoms with Gasteiger partial charge in [0.2, 0.25) is 11.7 Å². The molecule has 1 aromatic rings. The summed E-state index contributed by atoms with van der Waals surface area (Å²) in [4.78, 5) is 4.33. The Kier molecular flexibility index (Phi) is 3.56. The van der Waals surface area contributed by atoms with E-state index in [1.807, 2.05) is 0 Å². The van der Waals surface area contributed by atoms with Crippen LogP contribution >= 0.6 is 0 Å². The van der Waals surface area contributed by atoms with E-state index in [0.717, 1.165) is 25.9 Å². The number of nitrogens with two attached hydrogens (primary N) is 1. The van der Waals surface area contributed by atoms with Gasteiger partial charge in [0, 0.05) is 6.61 Å². The molecule has 0 aliphatic carbocycles. The highest BCUT2D eigenvalue weighted by atomic mass is 16.5. The van der Waals surface area contributed by atoms with Crippen molar-refractivity contribution in [1.82, 2.24) is 10.1 Å². The highest BCUT2D eigenvalue weighted by molar-refractivity contribution is 4.97. The van der Waals surface area contributed by atoms with Crippen LogP contribution in [0.5, 0.6) is 0 Å². The summed E-state index contributed by atoms with van der Waals surface area (Å²) in [5.74, 6) is 1.52. The lowest BCUT2D eigenvalue weighted by Crippen LogP contribution is -2.19. The number of rotatable bonds is 4. The van der Waals surface area contributed by atoms with Gasteiger partial charge in [-0.15, -0.1) is 0 Å². The molecule has 0 bridgehead atoms. The van der Waals surface area contributed by atoms with E-state index in [-0.39, 0.29) is 12.1 Å². The number of hydrogen-bond acceptors (Lipinski definition) is 5. The summed E-state index contributed by atoms with van der Waals surface area (Å²) in [6.07, 6.45) is 3.03. The average Bonchev–Trinajstić information content (AvgIpc) is 2.96. The molecule has 2 heterocycles. The molecule has 3 unspecified atom stereocenters. The van der Waals surface area contributed by atoms with Crippen molar-refractivity contribution in [3.05, 3.63) is 11.7 Å². The van der Waals surface area contributed by atoms with Gasteiger partial charge >= 0.3 is 0 Å². The van der Waals surface area contributed by atoms with Crippen molar-refractivity contribution in [3.8, 4) is 0 Å². The highest BCUT2D eigenvalue weighted by Crippen LogP contribution is 2.28. The van der Waals surface area contributed by atoms with Crippen LogP contribution in [0, 0.1) is 5.92 Å². The monoisotopic (exact) mass is 225 g/mol. The molecule has 1 aromatic heterocycles. The minimum atomic E-state index is -0.173. The van der Waals surface area contributed by atoms with Crippen LogP contribution in [-0.2, 0) is 4.74 Å². The Bertz CT molecular complexity index is 334. The summed E-state index contributed by atoms with van der Waals surface area (Å²) in [5.41, 5.74) is 6.02. The molecule has 90 valence electrons. The van der Waals surface area contributed by atoms with E-state index in [4.69, 9.17) is 15.0 Å². The Balaban J connectivity index is 2.06. The number of ether oxygens (including phenoxy) is 1. The third kappa shape index (κ3) is 2.25. The zero-order valence-corrected chi connectivity index (χ0v) is 9.85. The van der Waals surface area contributed by atoms with Gasteiger partial charge in [-0.1, -0.05) is 25.4 Å². The fourth-order valence-corrected chi connectivity index (χ4v) is 1.79. The van der Waals surface area contributed by atoms with Gasteiger partial charge in [-0.05, 0) is 18.8 Å². The van der Waals surface area contributed by atoms with Crippen molar-refractivity contribution < 1.29 is 9.26 Å². The van der Waals surface area contributed by atoms with E-state index in [1.54, 1.807) is 0 Å². The summed E-state index contributed by atoms with van der Waals surface area (Å²) >= 11 is 0. The molecule has 0 aromatic carbocycles. The molecular formula is C11H19N3O2. The second-order valence-electron chi connectivity index (χ2n) is 4.40. The molecule has 0 saturated carbocycles. The third-order valence-corrected chi connectivity index (χ3v) is 3.22. The maximum Gasteiger partial charge on any atom is 0.243 e. The van der Waals surface area contributed by atoms with Crippen LogP contribution in [-0.4, -0.2) is 16.7 Å². The molecule has 3 atom stereocenters. The van der Waals surface area contributed by atoms with E-state index in [2.05, 4.69) is 24.0 Å². The van der Waals surface area contributed by atoms with Gasteiger partial charge in [0.1, 0.15) is 6.10 Å². The summed E-state index contributed by atoms with van der Waals surface area (Å²) in [7, 11) is 0. The lowest BCUT2D eigenvalue weighted by atomic mass is 10.0. The molecule has 1 aliphatic heterocycles. The Morgan fingerprint density at radius 2 is 2.38 bits per heavy atom. The first-order valence-electron chi connectivity index (χ1n) is 5.93. The van der Waals surface area contributed by atoms with Crippen molar-refractivity contribution in [2.45, 2.75) is 45.3 Å². The van der Waals surface area contributed by atoms with Crippen molar-refractivity contribution >= 4 is 0 Å². The number of hydrogen-bond donors (Lipinski definition) is 1. The Hall–Kier alpha value is -0.940. The van der Waals surface area contributed by atoms with Gasteiger partial charge in [0.05, 0.1) is 6.04 Å². The van der Waals surface area contributed by atoms with Gasteiger partial charge in [0.15, 0.2) is 0 Å². The molecule has 1 saturated heterocycles. The molecule has 2 rings (SSSR count). The number of nitrogens with zero attached hydrogens (tertiary/aromatic N) is 2. The molecular weight excluding hydrogens is 206 g/mol. The molecule has 2 N–H and O–H groups in total. The van der Waals surface area contributed by atoms with Crippen LogP contribution < -0.4 is 5.73 Å². The largest absolute Gasteiger partial charge is 0.370 e. The summed E-state index contributed by atoms with van der Waals surface area (Å²) in [5, 5.41) is 3.94. The van der Waals surface area contributed by atoms with Crippen molar-refractivity contribution in [2.75, 3.05) is 6.61 Å². The zero-order chi connectivity index (χ0) is 11.5. The fourth-order valence-electron chi connectivity index (χ4n) is 1.79. The summed E-state index contributed by atoms with van der Waals surface area (Å²) < 4.78 is 10.7. The fraction of sp³-hybridized carbons (Fsp3) is 0.818. The lowest BCUT2D eigenvalue weighted by molar-refractivity contribution is 0.103. The summed E-state index contributed by atoms with van der Waals surface area (Å²) in [6, 6.07) is -0.173. The van der Waals surface area contributed by atoms with Crippen LogP contribution in [0.25, 0.3) is 0 Å². The van der Waals surface area contributed by atoms with E-state index in [9.17, 15) is 0 Å². The Morgan fingerprint density at radius 3 is 3.00 bits per heavy atom. The quantitative estimate of drug-likeness (QED) is 0.847. The second-order valence-corrected chi connectivity index (χ2v) is 4.40. The van der Waals surface area contributed by atoms with Crippen molar-refractivity contribution in [1.29, 1.82) is 0 Å². The molecule has 1 fully saturated rings. The van der Waals surface area contributed by atoms with Crippen molar-refractivity contribution in [3.63, 3.8) is 0 Å². The predicted octanol–water partition coefficient (Wildman–Crippen LogP) is 1.97. The van der Waals surface area contributed by atoms with Crippen LogP contribution in [0.15, 0.2) is 4.52 Å². The van der Waals surface area contributed by atoms with Crippen LogP contribution in [0.1, 0.15) is 57.0 Å². The average molecular weight is 225 g/mol. The topological polar surface area (TPSA) is 74.2 Å². The van der Waals surface area contributed by atoms with E-state index >= 15 is 0 Å². The first-order valence-corrected chi connectivity index (χ1v) is 5.93. The van der Waals surface area contributed by atoms with Gasteiger partial charge in [0.25, 0.3) is 0 Å². The molecule has 0 amide bonds. The van der Waals surface area contributed by atoms with Gasteiger partial charge in [-0.3, -0.25) is 0 Å². The van der Waals surface area contributed by atoms with E-state index < -0.39 is 0 Å². The minimum Gasteiger partial charge on any atom is -0.370 e. The van der Waals surface area contributed by atoms with Gasteiger partial charge < -0.3 is 15.0 Å². The molecule has 16 heavy (non-hydrogen) atoms. The lowest BCUT2D eigenvalue weighted by Gasteiger charge is -2.13. The normalized spacial score (nSPS) is 24.6. The van der Waals surface area contributed by atoms with Crippen LogP contribution in [0.4, 0.5) is 0 Å². The van der Waals surface area contributed by atoms with Crippen molar-refractivity contribution in [2.24, 2.45) is 11.7 Å². The van der Waals surface area contributed by atoms with Crippen LogP contribution in [0.3, 0.4) is 0 Å². The first-order chi connectivity index (χ1) is 7.72. The zero-order valence-electron chi connectivity index (χ0n) is 9.85. The standard InChI is InChI=1S/C11H19N3O2/c1-3-7(2)9(12)11-13-10(14-16-11)8-5-4-6-15-8/h7-9H,3-6,12H2,1-2H3. The van der Waals surface area contributed by atoms with E-state index in [1.165, 1.54) is 0 Å². The molecule has 5 heteroatoms.